The number of imidazole rings is 1. The van der Waals surface area contributed by atoms with Crippen LogP contribution in [0.5, 0.6) is 5.75 Å². The standard InChI is InChI=1S/C23H27ClN6O5S/c1-4-6-15(13-34-36(31,32)16-9-7-14(3)8-10-16)12-33-17-11-26-21(24)18-20(17)30(5-2)23(27-18)19-22(25)29-35-28-19/h7-11,15H,4-6,12-13H2,1-3H3,(H2,25,29). The number of anilines is 1. The molecular formula is C23H27ClN6O5S. The lowest BCUT2D eigenvalue weighted by atomic mass is 10.1. The first kappa shape index (κ1) is 25.9. The molecule has 4 rings (SSSR count). The Morgan fingerprint density at radius 3 is 2.56 bits per heavy atom. The number of pyridine rings is 1. The van der Waals surface area contributed by atoms with Gasteiger partial charge >= 0.3 is 0 Å². The highest BCUT2D eigenvalue weighted by Crippen LogP contribution is 2.35. The maximum absolute atomic E-state index is 12.6. The third-order valence-corrected chi connectivity index (χ3v) is 7.25. The Morgan fingerprint density at radius 1 is 1.17 bits per heavy atom. The minimum absolute atomic E-state index is 0.0202. The Morgan fingerprint density at radius 2 is 1.92 bits per heavy atom. The van der Waals surface area contributed by atoms with E-state index in [4.69, 9.17) is 30.9 Å². The molecular weight excluding hydrogens is 508 g/mol. The summed E-state index contributed by atoms with van der Waals surface area (Å²) in [6.07, 6.45) is 3.04. The maximum atomic E-state index is 12.6. The summed E-state index contributed by atoms with van der Waals surface area (Å²) in [6, 6.07) is 6.53. The molecule has 3 heterocycles. The second-order valence-corrected chi connectivity index (χ2v) is 10.3. The van der Waals surface area contributed by atoms with Crippen LogP contribution in [0.25, 0.3) is 22.6 Å². The number of nitrogens with zero attached hydrogens (tertiary/aromatic N) is 5. The van der Waals surface area contributed by atoms with Gasteiger partial charge in [-0.1, -0.05) is 42.6 Å². The fourth-order valence-electron chi connectivity index (χ4n) is 3.82. The Bertz CT molecular complexity index is 1450. The fraction of sp³-hybridized carbons (Fsp3) is 0.391. The van der Waals surface area contributed by atoms with Gasteiger partial charge in [0.1, 0.15) is 11.0 Å². The van der Waals surface area contributed by atoms with Crippen LogP contribution in [0.15, 0.2) is 40.0 Å². The van der Waals surface area contributed by atoms with Crippen LogP contribution < -0.4 is 10.5 Å². The second-order valence-electron chi connectivity index (χ2n) is 8.31. The summed E-state index contributed by atoms with van der Waals surface area (Å²) >= 11 is 6.33. The molecule has 0 saturated carbocycles. The van der Waals surface area contributed by atoms with E-state index in [2.05, 4.69) is 20.3 Å². The molecule has 1 atom stereocenters. The Balaban J connectivity index is 1.56. The number of aromatic nitrogens is 5. The highest BCUT2D eigenvalue weighted by Gasteiger charge is 2.24. The zero-order valence-electron chi connectivity index (χ0n) is 20.1. The van der Waals surface area contributed by atoms with E-state index in [9.17, 15) is 8.42 Å². The summed E-state index contributed by atoms with van der Waals surface area (Å²) in [4.78, 5) is 8.88. The Hall–Kier alpha value is -3.22. The van der Waals surface area contributed by atoms with Crippen LogP contribution in [0, 0.1) is 12.8 Å². The number of aryl methyl sites for hydroxylation is 2. The van der Waals surface area contributed by atoms with Crippen LogP contribution in [0.2, 0.25) is 5.15 Å². The predicted octanol–water partition coefficient (Wildman–Crippen LogP) is 4.25. The number of nitrogens with two attached hydrogens (primary N) is 1. The second kappa shape index (κ2) is 10.8. The average Bonchev–Trinajstić information content (AvgIpc) is 3.45. The van der Waals surface area contributed by atoms with Gasteiger partial charge in [-0.2, -0.15) is 8.42 Å². The van der Waals surface area contributed by atoms with Crippen LogP contribution in [-0.4, -0.2) is 46.5 Å². The molecule has 0 radical (unpaired) electrons. The molecule has 0 fully saturated rings. The molecule has 1 unspecified atom stereocenters. The third-order valence-electron chi connectivity index (χ3n) is 5.67. The van der Waals surface area contributed by atoms with Crippen molar-refractivity contribution >= 4 is 38.6 Å². The van der Waals surface area contributed by atoms with Crippen molar-refractivity contribution in [3.05, 3.63) is 41.2 Å². The molecule has 36 heavy (non-hydrogen) atoms. The van der Waals surface area contributed by atoms with Crippen LogP contribution in [-0.2, 0) is 20.8 Å². The van der Waals surface area contributed by atoms with Crippen molar-refractivity contribution in [3.63, 3.8) is 0 Å². The Labute approximate surface area is 213 Å². The van der Waals surface area contributed by atoms with Crippen molar-refractivity contribution in [2.45, 2.75) is 45.1 Å². The van der Waals surface area contributed by atoms with E-state index in [1.165, 1.54) is 18.3 Å². The zero-order valence-corrected chi connectivity index (χ0v) is 21.7. The van der Waals surface area contributed by atoms with E-state index < -0.39 is 10.1 Å². The summed E-state index contributed by atoms with van der Waals surface area (Å²) in [5.41, 5.74) is 8.15. The molecule has 0 amide bonds. The molecule has 2 N–H and O–H groups in total. The minimum atomic E-state index is -3.88. The van der Waals surface area contributed by atoms with Gasteiger partial charge in [-0.25, -0.2) is 14.6 Å². The monoisotopic (exact) mass is 534 g/mol. The fourth-order valence-corrected chi connectivity index (χ4v) is 4.98. The lowest BCUT2D eigenvalue weighted by Gasteiger charge is -2.18. The van der Waals surface area contributed by atoms with Gasteiger partial charge in [-0.3, -0.25) is 4.18 Å². The van der Waals surface area contributed by atoms with Crippen molar-refractivity contribution in [1.29, 1.82) is 0 Å². The molecule has 0 aliphatic rings. The SMILES string of the molecule is CCCC(COc1cnc(Cl)c2nc(-c3nonc3N)n(CC)c12)COS(=O)(=O)c1ccc(C)cc1. The zero-order chi connectivity index (χ0) is 25.9. The molecule has 3 aromatic heterocycles. The van der Waals surface area contributed by atoms with E-state index in [0.717, 1.165) is 12.0 Å². The number of hydrogen-bond acceptors (Lipinski definition) is 10. The normalized spacial score (nSPS) is 12.8. The van der Waals surface area contributed by atoms with Crippen molar-refractivity contribution < 1.29 is 22.0 Å². The number of hydrogen-bond donors (Lipinski definition) is 1. The van der Waals surface area contributed by atoms with E-state index in [1.54, 1.807) is 12.1 Å². The highest BCUT2D eigenvalue weighted by atomic mass is 35.5. The topological polar surface area (TPSA) is 148 Å². The van der Waals surface area contributed by atoms with E-state index in [1.807, 2.05) is 25.3 Å². The number of benzene rings is 1. The largest absolute Gasteiger partial charge is 0.489 e. The molecule has 192 valence electrons. The quantitative estimate of drug-likeness (QED) is 0.218. The molecule has 13 heteroatoms. The van der Waals surface area contributed by atoms with E-state index in [-0.39, 0.29) is 40.7 Å². The van der Waals surface area contributed by atoms with Gasteiger partial charge in [-0.15, -0.1) is 0 Å². The molecule has 0 bridgehead atoms. The minimum Gasteiger partial charge on any atom is -0.489 e. The van der Waals surface area contributed by atoms with Crippen LogP contribution in [0.3, 0.4) is 0 Å². The first-order chi connectivity index (χ1) is 17.2. The van der Waals surface area contributed by atoms with Crippen LogP contribution in [0.4, 0.5) is 5.82 Å². The van der Waals surface area contributed by atoms with Crippen molar-refractivity contribution in [2.75, 3.05) is 18.9 Å². The summed E-state index contributed by atoms with van der Waals surface area (Å²) < 4.78 is 43.3. The van der Waals surface area contributed by atoms with Gasteiger partial charge in [0, 0.05) is 12.5 Å². The van der Waals surface area contributed by atoms with Crippen molar-refractivity contribution in [3.8, 4) is 17.3 Å². The first-order valence-electron chi connectivity index (χ1n) is 11.5. The predicted molar refractivity (Wildman–Crippen MR) is 134 cm³/mol. The molecule has 0 aliphatic carbocycles. The van der Waals surface area contributed by atoms with Gasteiger partial charge in [0.25, 0.3) is 10.1 Å². The molecule has 11 nitrogen and oxygen atoms in total. The Kier molecular flexibility index (Phi) is 7.76. The summed E-state index contributed by atoms with van der Waals surface area (Å²) in [7, 11) is -3.88. The number of ether oxygens (including phenoxy) is 1. The molecule has 4 aromatic rings. The van der Waals surface area contributed by atoms with Gasteiger partial charge in [-0.05, 0) is 42.7 Å². The number of rotatable bonds is 11. The highest BCUT2D eigenvalue weighted by molar-refractivity contribution is 7.86. The van der Waals surface area contributed by atoms with Crippen LogP contribution in [0.1, 0.15) is 32.3 Å². The summed E-state index contributed by atoms with van der Waals surface area (Å²) in [5, 5.41) is 7.67. The summed E-state index contributed by atoms with van der Waals surface area (Å²) in [6.45, 7) is 6.51. The molecule has 0 aliphatic heterocycles. The van der Waals surface area contributed by atoms with Gasteiger partial charge in [0.05, 0.1) is 24.3 Å². The molecule has 1 aromatic carbocycles. The average molecular weight is 535 g/mol. The maximum Gasteiger partial charge on any atom is 0.296 e. The molecule has 0 spiro atoms. The van der Waals surface area contributed by atoms with Crippen molar-refractivity contribution in [1.82, 2.24) is 24.8 Å². The summed E-state index contributed by atoms with van der Waals surface area (Å²) in [5.74, 6) is 0.770. The number of fused-ring (bicyclic) bond motifs is 1. The van der Waals surface area contributed by atoms with Gasteiger partial charge in [0.15, 0.2) is 28.2 Å². The smallest absolute Gasteiger partial charge is 0.296 e. The van der Waals surface area contributed by atoms with E-state index >= 15 is 0 Å². The number of halogens is 1. The lowest BCUT2D eigenvalue weighted by Crippen LogP contribution is -2.21. The lowest BCUT2D eigenvalue weighted by molar-refractivity contribution is 0.173. The van der Waals surface area contributed by atoms with Crippen LogP contribution >= 0.6 is 11.6 Å². The first-order valence-corrected chi connectivity index (χ1v) is 13.3. The van der Waals surface area contributed by atoms with Gasteiger partial charge < -0.3 is 15.0 Å². The third kappa shape index (κ3) is 5.30. The van der Waals surface area contributed by atoms with Crippen molar-refractivity contribution in [2.24, 2.45) is 5.92 Å². The van der Waals surface area contributed by atoms with E-state index in [0.29, 0.717) is 35.6 Å². The molecule has 0 saturated heterocycles. The van der Waals surface area contributed by atoms with Gasteiger partial charge in [0.2, 0.25) is 0 Å². The number of nitrogen functional groups attached to an aromatic ring is 1.